The highest BCUT2D eigenvalue weighted by Crippen LogP contribution is 2.32. The molecule has 0 heterocycles. The van der Waals surface area contributed by atoms with E-state index >= 15 is 0 Å². The summed E-state index contributed by atoms with van der Waals surface area (Å²) < 4.78 is 48.9. The quantitative estimate of drug-likeness (QED) is 0.537. The molecule has 0 spiro atoms. The van der Waals surface area contributed by atoms with Crippen molar-refractivity contribution in [2.45, 2.75) is 12.1 Å². The number of halogens is 4. The minimum Gasteiger partial charge on any atom is -0.302 e. The van der Waals surface area contributed by atoms with E-state index < -0.39 is 17.9 Å². The van der Waals surface area contributed by atoms with Crippen molar-refractivity contribution in [2.24, 2.45) is 0 Å². The third-order valence-corrected chi connectivity index (χ3v) is 1.72. The summed E-state index contributed by atoms with van der Waals surface area (Å²) in [5.41, 5.74) is -0.256. The molecule has 0 amide bonds. The lowest BCUT2D eigenvalue weighted by molar-refractivity contribution is -0.155. The fourth-order valence-electron chi connectivity index (χ4n) is 1.01. The van der Waals surface area contributed by atoms with Crippen LogP contribution in [0.2, 0.25) is 0 Å². The Morgan fingerprint density at radius 3 is 2.00 bits per heavy atom. The minimum absolute atomic E-state index is 0.201. The Balaban J connectivity index is 3.02. The van der Waals surface area contributed by atoms with Crippen molar-refractivity contribution in [1.29, 1.82) is 0 Å². The molecule has 0 aliphatic rings. The van der Waals surface area contributed by atoms with E-state index in [1.54, 1.807) is 0 Å². The van der Waals surface area contributed by atoms with E-state index in [-0.39, 0.29) is 11.8 Å². The molecule has 0 fully saturated rings. The smallest absolute Gasteiger partial charge is 0.302 e. The van der Waals surface area contributed by atoms with Crippen LogP contribution in [0, 0.1) is 5.82 Å². The second kappa shape index (κ2) is 3.77. The van der Waals surface area contributed by atoms with Crippen molar-refractivity contribution in [2.75, 3.05) is 0 Å². The van der Waals surface area contributed by atoms with Crippen LogP contribution >= 0.6 is 0 Å². The van der Waals surface area contributed by atoms with E-state index in [0.29, 0.717) is 0 Å². The SMILES string of the molecule is O=CC(c1ccc(F)cc1)C(F)(F)F. The van der Waals surface area contributed by atoms with Gasteiger partial charge < -0.3 is 4.79 Å². The first-order valence-electron chi connectivity index (χ1n) is 3.72. The van der Waals surface area contributed by atoms with E-state index in [2.05, 4.69) is 0 Å². The number of hydrogen-bond acceptors (Lipinski definition) is 1. The van der Waals surface area contributed by atoms with E-state index in [1.807, 2.05) is 0 Å². The first kappa shape index (κ1) is 10.7. The van der Waals surface area contributed by atoms with Gasteiger partial charge in [-0.3, -0.25) is 0 Å². The van der Waals surface area contributed by atoms with Gasteiger partial charge in [-0.25, -0.2) is 4.39 Å². The van der Waals surface area contributed by atoms with Gasteiger partial charge >= 0.3 is 6.18 Å². The second-order valence-electron chi connectivity index (χ2n) is 2.71. The highest BCUT2D eigenvalue weighted by atomic mass is 19.4. The van der Waals surface area contributed by atoms with Crippen molar-refractivity contribution >= 4 is 6.29 Å². The van der Waals surface area contributed by atoms with Gasteiger partial charge in [-0.2, -0.15) is 13.2 Å². The summed E-state index contributed by atoms with van der Waals surface area (Å²) in [7, 11) is 0. The first-order valence-corrected chi connectivity index (χ1v) is 3.72. The molecule has 0 aliphatic heterocycles. The second-order valence-corrected chi connectivity index (χ2v) is 2.71. The molecule has 0 saturated heterocycles. The molecule has 14 heavy (non-hydrogen) atoms. The topological polar surface area (TPSA) is 17.1 Å². The van der Waals surface area contributed by atoms with Crippen molar-refractivity contribution < 1.29 is 22.4 Å². The number of rotatable bonds is 2. The predicted octanol–water partition coefficient (Wildman–Crippen LogP) is 2.67. The highest BCUT2D eigenvalue weighted by Gasteiger charge is 2.40. The standard InChI is InChI=1S/C9H6F4O/c10-7-3-1-6(2-4-7)8(5-14)9(11,12)13/h1-5,8H. The van der Waals surface area contributed by atoms with Gasteiger partial charge in [0, 0.05) is 0 Å². The van der Waals surface area contributed by atoms with Crippen molar-refractivity contribution in [3.8, 4) is 0 Å². The van der Waals surface area contributed by atoms with Gasteiger partial charge in [0.05, 0.1) is 0 Å². The molecule has 0 N–H and O–H groups in total. The zero-order valence-electron chi connectivity index (χ0n) is 6.88. The summed E-state index contributed by atoms with van der Waals surface area (Å²) >= 11 is 0. The van der Waals surface area contributed by atoms with E-state index in [0.717, 1.165) is 24.3 Å². The van der Waals surface area contributed by atoms with E-state index in [1.165, 1.54) is 0 Å². The molecule has 1 nitrogen and oxygen atoms in total. The van der Waals surface area contributed by atoms with Crippen LogP contribution < -0.4 is 0 Å². The summed E-state index contributed by atoms with van der Waals surface area (Å²) in [6.07, 6.45) is -4.83. The molecule has 0 aliphatic carbocycles. The third-order valence-electron chi connectivity index (χ3n) is 1.72. The fraction of sp³-hybridized carbons (Fsp3) is 0.222. The zero-order chi connectivity index (χ0) is 10.8. The number of hydrogen-bond donors (Lipinski definition) is 0. The maximum Gasteiger partial charge on any atom is 0.402 e. The Bertz CT molecular complexity index is 315. The average Bonchev–Trinajstić information content (AvgIpc) is 2.07. The number of carbonyl (C=O) groups is 1. The van der Waals surface area contributed by atoms with Crippen molar-refractivity contribution in [3.05, 3.63) is 35.6 Å². The molecule has 1 atom stereocenters. The van der Waals surface area contributed by atoms with Crippen LogP contribution in [0.5, 0.6) is 0 Å². The number of benzene rings is 1. The predicted molar refractivity (Wildman–Crippen MR) is 41.3 cm³/mol. The van der Waals surface area contributed by atoms with Crippen LogP contribution in [-0.4, -0.2) is 12.5 Å². The molecule has 0 saturated carbocycles. The monoisotopic (exact) mass is 206 g/mol. The van der Waals surface area contributed by atoms with Gasteiger partial charge in [-0.1, -0.05) is 12.1 Å². The lowest BCUT2D eigenvalue weighted by Crippen LogP contribution is -2.21. The van der Waals surface area contributed by atoms with Crippen molar-refractivity contribution in [1.82, 2.24) is 0 Å². The van der Waals surface area contributed by atoms with Crippen LogP contribution in [0.15, 0.2) is 24.3 Å². The van der Waals surface area contributed by atoms with Gasteiger partial charge in [0.1, 0.15) is 18.0 Å². The van der Waals surface area contributed by atoms with E-state index in [9.17, 15) is 22.4 Å². The summed E-state index contributed by atoms with van der Waals surface area (Å²) in [5, 5.41) is 0. The van der Waals surface area contributed by atoms with Crippen LogP contribution in [0.1, 0.15) is 11.5 Å². The molecule has 1 aromatic rings. The Morgan fingerprint density at radius 2 is 1.64 bits per heavy atom. The molecule has 1 rings (SSSR count). The van der Waals surface area contributed by atoms with Crippen LogP contribution in [0.25, 0.3) is 0 Å². The van der Waals surface area contributed by atoms with Crippen molar-refractivity contribution in [3.63, 3.8) is 0 Å². The molecule has 76 valence electrons. The molecule has 1 aromatic carbocycles. The summed E-state index contributed by atoms with van der Waals surface area (Å²) in [6.45, 7) is 0. The van der Waals surface area contributed by atoms with Gasteiger partial charge in [-0.15, -0.1) is 0 Å². The lowest BCUT2D eigenvalue weighted by atomic mass is 10.0. The summed E-state index contributed by atoms with van der Waals surface area (Å²) in [4.78, 5) is 10.2. The molecular formula is C9H6F4O. The zero-order valence-corrected chi connectivity index (χ0v) is 6.88. The fourth-order valence-corrected chi connectivity index (χ4v) is 1.01. The normalized spacial score (nSPS) is 13.7. The summed E-state index contributed by atoms with van der Waals surface area (Å²) in [5.74, 6) is -2.82. The van der Waals surface area contributed by atoms with E-state index in [4.69, 9.17) is 0 Å². The maximum atomic E-state index is 12.4. The largest absolute Gasteiger partial charge is 0.402 e. The lowest BCUT2D eigenvalue weighted by Gasteiger charge is -2.14. The maximum absolute atomic E-state index is 12.4. The number of alkyl halides is 3. The molecular weight excluding hydrogens is 200 g/mol. The van der Waals surface area contributed by atoms with Crippen LogP contribution in [0.4, 0.5) is 17.6 Å². The molecule has 1 unspecified atom stereocenters. The number of carbonyl (C=O) groups excluding carboxylic acids is 1. The number of aldehydes is 1. The molecule has 0 bridgehead atoms. The average molecular weight is 206 g/mol. The molecule has 5 heteroatoms. The highest BCUT2D eigenvalue weighted by molar-refractivity contribution is 5.63. The van der Waals surface area contributed by atoms with Gasteiger partial charge in [-0.05, 0) is 17.7 Å². The Kier molecular flexibility index (Phi) is 2.88. The van der Waals surface area contributed by atoms with Gasteiger partial charge in [0.15, 0.2) is 0 Å². The Labute approximate surface area is 77.3 Å². The third kappa shape index (κ3) is 2.31. The first-order chi connectivity index (χ1) is 6.45. The summed E-state index contributed by atoms with van der Waals surface area (Å²) in [6, 6.07) is 3.67. The van der Waals surface area contributed by atoms with Crippen LogP contribution in [-0.2, 0) is 4.79 Å². The Morgan fingerprint density at radius 1 is 1.14 bits per heavy atom. The molecule has 0 aromatic heterocycles. The Hall–Kier alpha value is -1.39. The van der Waals surface area contributed by atoms with Gasteiger partial charge in [0.2, 0.25) is 0 Å². The van der Waals surface area contributed by atoms with Gasteiger partial charge in [0.25, 0.3) is 0 Å². The molecule has 0 radical (unpaired) electrons. The minimum atomic E-state index is -4.63. The van der Waals surface area contributed by atoms with Crippen LogP contribution in [0.3, 0.4) is 0 Å².